The van der Waals surface area contributed by atoms with E-state index in [1.54, 1.807) is 43.5 Å². The van der Waals surface area contributed by atoms with Crippen molar-refractivity contribution in [2.24, 2.45) is 0 Å². The number of fused-ring (bicyclic) bond motifs is 1. The molecule has 0 saturated heterocycles. The largest absolute Gasteiger partial charge is 0.805 e. The zero-order valence-electron chi connectivity index (χ0n) is 16.6. The van der Waals surface area contributed by atoms with Crippen molar-refractivity contribution < 1.29 is 18.8 Å². The molecular formula is C21H21N3O5S. The number of thioether (sulfide) groups is 1. The van der Waals surface area contributed by atoms with E-state index in [0.717, 1.165) is 0 Å². The summed E-state index contributed by atoms with van der Waals surface area (Å²) in [6.07, 6.45) is 0. The number of carbonyl (C=O) groups excluding carboxylic acids is 2. The third-order valence-electron chi connectivity index (χ3n) is 4.55. The average molecular weight is 427 g/mol. The highest BCUT2D eigenvalue weighted by molar-refractivity contribution is 8.00. The smallest absolute Gasteiger partial charge is 0.325 e. The first kappa shape index (κ1) is 21.4. The van der Waals surface area contributed by atoms with Gasteiger partial charge in [-0.25, -0.2) is 0 Å². The van der Waals surface area contributed by atoms with Crippen molar-refractivity contribution in [3.05, 3.63) is 75.6 Å². The third kappa shape index (κ3) is 4.46. The van der Waals surface area contributed by atoms with E-state index in [9.17, 15) is 19.7 Å². The van der Waals surface area contributed by atoms with Crippen molar-refractivity contribution in [2.75, 3.05) is 25.2 Å². The summed E-state index contributed by atoms with van der Waals surface area (Å²) >= 11 is 1.28. The van der Waals surface area contributed by atoms with Crippen LogP contribution in [0.2, 0.25) is 0 Å². The topological polar surface area (TPSA) is 106 Å². The first-order valence-electron chi connectivity index (χ1n) is 9.21. The van der Waals surface area contributed by atoms with Crippen LogP contribution in [0.3, 0.4) is 0 Å². The highest BCUT2D eigenvalue weighted by atomic mass is 32.2. The summed E-state index contributed by atoms with van der Waals surface area (Å²) in [4.78, 5) is 37.3. The van der Waals surface area contributed by atoms with Gasteiger partial charge in [0.05, 0.1) is 23.0 Å². The number of benzene rings is 2. The highest BCUT2D eigenvalue weighted by Crippen LogP contribution is 2.15. The molecule has 0 radical (unpaired) electrons. The molecule has 0 unspecified atom stereocenters. The Bertz CT molecular complexity index is 1140. The lowest BCUT2D eigenvalue weighted by molar-refractivity contribution is -0.468. The Morgan fingerprint density at radius 1 is 1.17 bits per heavy atom. The molecule has 2 aromatic carbocycles. The van der Waals surface area contributed by atoms with E-state index in [4.69, 9.17) is 4.74 Å². The van der Waals surface area contributed by atoms with Crippen LogP contribution in [0.25, 0.3) is 11.0 Å². The molecule has 3 rings (SSSR count). The predicted molar refractivity (Wildman–Crippen MR) is 116 cm³/mol. The molecule has 0 aliphatic carbocycles. The first-order chi connectivity index (χ1) is 14.4. The summed E-state index contributed by atoms with van der Waals surface area (Å²) in [6.45, 7) is 1.82. The number of ether oxygens (including phenoxy) is 1. The van der Waals surface area contributed by atoms with Crippen LogP contribution in [-0.2, 0) is 0 Å². The zero-order valence-corrected chi connectivity index (χ0v) is 17.4. The third-order valence-corrected chi connectivity index (χ3v) is 5.51. The monoisotopic (exact) mass is 427 g/mol. The van der Waals surface area contributed by atoms with E-state index in [1.165, 1.54) is 30.8 Å². The molecule has 0 bridgehead atoms. The summed E-state index contributed by atoms with van der Waals surface area (Å²) in [6, 6.07) is 13.1. The maximum atomic E-state index is 12.6. The van der Waals surface area contributed by atoms with Crippen molar-refractivity contribution in [1.29, 1.82) is 0 Å². The van der Waals surface area contributed by atoms with Crippen LogP contribution < -0.4 is 14.5 Å². The van der Waals surface area contributed by atoms with Gasteiger partial charge in [0.15, 0.2) is 0 Å². The lowest BCUT2D eigenvalue weighted by atomic mass is 10.2. The molecule has 1 aromatic heterocycles. The molecule has 0 aliphatic heterocycles. The summed E-state index contributed by atoms with van der Waals surface area (Å²) in [5, 5.41) is 15.2. The maximum absolute atomic E-state index is 12.6. The Kier molecular flexibility index (Phi) is 6.73. The quantitative estimate of drug-likeness (QED) is 0.336. The fraction of sp³-hybridized carbons (Fsp3) is 0.238. The van der Waals surface area contributed by atoms with Crippen LogP contribution in [0.1, 0.15) is 26.5 Å². The molecule has 3 aromatic rings. The summed E-state index contributed by atoms with van der Waals surface area (Å²) < 4.78 is 6.19. The highest BCUT2D eigenvalue weighted by Gasteiger charge is 2.26. The Hall–Kier alpha value is -3.33. The Labute approximate surface area is 177 Å². The second-order valence-electron chi connectivity index (χ2n) is 6.47. The van der Waals surface area contributed by atoms with E-state index in [2.05, 4.69) is 5.32 Å². The normalized spacial score (nSPS) is 10.7. The van der Waals surface area contributed by atoms with Crippen LogP contribution in [0.4, 0.5) is 0 Å². The molecule has 0 fully saturated rings. The second-order valence-corrected chi connectivity index (χ2v) is 7.58. The molecule has 0 spiro atoms. The van der Waals surface area contributed by atoms with Crippen molar-refractivity contribution >= 4 is 34.5 Å². The SMILES string of the molecule is COc1ccc(C(=O)NCCSCC(=O)c2c(C)n([O-])c3ccccc3[n+]2=O)cc1. The number of Topliss-reactive ketones (excluding diaryl/α,β-unsaturated/α-hetero) is 1. The number of nitrogens with zero attached hydrogens (tertiary/aromatic N) is 2. The van der Waals surface area contributed by atoms with E-state index >= 15 is 0 Å². The lowest BCUT2D eigenvalue weighted by Gasteiger charge is -2.15. The van der Waals surface area contributed by atoms with Crippen LogP contribution in [0.15, 0.2) is 48.5 Å². The van der Waals surface area contributed by atoms with Gasteiger partial charge in [-0.15, -0.1) is 0 Å². The molecule has 156 valence electrons. The second kappa shape index (κ2) is 9.45. The Morgan fingerprint density at radius 3 is 2.57 bits per heavy atom. The number of rotatable bonds is 8. The molecule has 0 aliphatic rings. The number of hydrogen-bond donors (Lipinski definition) is 1. The van der Waals surface area contributed by atoms with Gasteiger partial charge < -0.3 is 20.0 Å². The minimum atomic E-state index is -0.427. The number of ketones is 1. The minimum Gasteiger partial charge on any atom is -0.805 e. The van der Waals surface area contributed by atoms with Gasteiger partial charge in [0.1, 0.15) is 11.3 Å². The van der Waals surface area contributed by atoms with E-state index in [-0.39, 0.29) is 34.1 Å². The summed E-state index contributed by atoms with van der Waals surface area (Å²) in [5.74, 6) is 0.528. The van der Waals surface area contributed by atoms with Gasteiger partial charge in [-0.1, -0.05) is 12.1 Å². The van der Waals surface area contributed by atoms with E-state index < -0.39 is 5.78 Å². The van der Waals surface area contributed by atoms with Gasteiger partial charge in [0.25, 0.3) is 11.4 Å². The van der Waals surface area contributed by atoms with Gasteiger partial charge in [-0.2, -0.15) is 11.8 Å². The molecule has 0 saturated carbocycles. The number of aromatic nitrogens is 2. The van der Waals surface area contributed by atoms with Crippen LogP contribution in [0.5, 0.6) is 5.75 Å². The van der Waals surface area contributed by atoms with Crippen molar-refractivity contribution in [3.8, 4) is 5.75 Å². The summed E-state index contributed by atoms with van der Waals surface area (Å²) in [5.41, 5.74) is 0.797. The molecule has 1 N–H and O–H groups in total. The van der Waals surface area contributed by atoms with E-state index in [0.29, 0.717) is 32.8 Å². The minimum absolute atomic E-state index is 0.0276. The number of para-hydroxylation sites is 2. The van der Waals surface area contributed by atoms with Crippen LogP contribution >= 0.6 is 11.8 Å². The predicted octanol–water partition coefficient (Wildman–Crippen LogP) is 2.56. The van der Waals surface area contributed by atoms with Gasteiger partial charge in [-0.3, -0.25) is 9.59 Å². The molecule has 0 atom stereocenters. The molecule has 30 heavy (non-hydrogen) atoms. The van der Waals surface area contributed by atoms with Gasteiger partial charge >= 0.3 is 5.69 Å². The van der Waals surface area contributed by atoms with Gasteiger partial charge in [-0.05, 0) is 37.3 Å². The van der Waals surface area contributed by atoms with Crippen molar-refractivity contribution in [3.63, 3.8) is 0 Å². The number of hydrogen-bond acceptors (Lipinski definition) is 6. The Morgan fingerprint density at radius 2 is 1.87 bits per heavy atom. The molecule has 1 heterocycles. The molecular weight excluding hydrogens is 406 g/mol. The number of carbonyl (C=O) groups is 2. The van der Waals surface area contributed by atoms with Crippen LogP contribution in [-0.4, -0.2) is 41.6 Å². The number of nitrogens with one attached hydrogen (secondary N) is 1. The first-order valence-corrected chi connectivity index (χ1v) is 10.4. The Balaban J connectivity index is 1.56. The molecule has 1 amide bonds. The summed E-state index contributed by atoms with van der Waals surface area (Å²) in [7, 11) is 1.55. The van der Waals surface area contributed by atoms with E-state index in [1.807, 2.05) is 0 Å². The molecule has 9 heteroatoms. The zero-order chi connectivity index (χ0) is 21.7. The molecule has 8 nitrogen and oxygen atoms in total. The van der Waals surface area contributed by atoms with Crippen molar-refractivity contribution in [2.45, 2.75) is 6.92 Å². The number of amides is 1. The standard InChI is InChI=1S/C21H21N3O5S/c1-14-20(24(28)18-6-4-3-5-17(18)23(14)27)19(25)13-30-12-11-22-21(26)15-7-9-16(29-2)10-8-15/h3-10H,11-13H2,1-2H3,(H,22,26). The van der Waals surface area contributed by atoms with Gasteiger partial charge in [0, 0.05) is 28.8 Å². The average Bonchev–Trinajstić information content (AvgIpc) is 2.77. The fourth-order valence-corrected chi connectivity index (χ4v) is 3.69. The van der Waals surface area contributed by atoms with Crippen molar-refractivity contribution in [1.82, 2.24) is 10.0 Å². The van der Waals surface area contributed by atoms with Gasteiger partial charge in [0.2, 0.25) is 5.78 Å². The van der Waals surface area contributed by atoms with Crippen LogP contribution in [0, 0.1) is 17.0 Å². The number of methoxy groups -OCH3 is 1. The lowest BCUT2D eigenvalue weighted by Crippen LogP contribution is -2.31. The maximum Gasteiger partial charge on any atom is 0.325 e. The fourth-order valence-electron chi connectivity index (χ4n) is 2.98.